The van der Waals surface area contributed by atoms with Gasteiger partial charge in [-0.25, -0.2) is 4.68 Å². The summed E-state index contributed by atoms with van der Waals surface area (Å²) in [7, 11) is 0. The van der Waals surface area contributed by atoms with Crippen LogP contribution in [0.15, 0.2) is 18.2 Å². The third-order valence-electron chi connectivity index (χ3n) is 2.66. The molecule has 1 aliphatic heterocycles. The average Bonchev–Trinajstić information content (AvgIpc) is 2.65. The van der Waals surface area contributed by atoms with Crippen LogP contribution in [0.3, 0.4) is 0 Å². The molecule has 0 saturated heterocycles. The van der Waals surface area contributed by atoms with E-state index < -0.39 is 0 Å². The summed E-state index contributed by atoms with van der Waals surface area (Å²) in [5.41, 5.74) is 1.57. The lowest BCUT2D eigenvalue weighted by Crippen LogP contribution is -2.39. The van der Waals surface area contributed by atoms with Gasteiger partial charge in [0.15, 0.2) is 5.82 Å². The zero-order chi connectivity index (χ0) is 11.3. The largest absolute Gasteiger partial charge is 0.361 e. The van der Waals surface area contributed by atoms with E-state index >= 15 is 0 Å². The molecule has 3 rings (SSSR count). The highest BCUT2D eigenvalue weighted by atomic mass is 35.5. The maximum atomic E-state index is 5.97. The quantitative estimate of drug-likeness (QED) is 0.760. The van der Waals surface area contributed by atoms with Gasteiger partial charge < -0.3 is 5.32 Å². The molecule has 0 atom stereocenters. The predicted octanol–water partition coefficient (Wildman–Crippen LogP) is 2.11. The van der Waals surface area contributed by atoms with Crippen molar-refractivity contribution in [1.82, 2.24) is 20.2 Å². The monoisotopic (exact) mass is 235 g/mol. The number of benzene rings is 1. The second kappa shape index (κ2) is 2.95. The van der Waals surface area contributed by atoms with Gasteiger partial charge in [-0.2, -0.15) is 0 Å². The molecule has 2 heterocycles. The number of hydrogen-bond acceptors (Lipinski definition) is 4. The van der Waals surface area contributed by atoms with Gasteiger partial charge in [-0.05, 0) is 42.5 Å². The Balaban J connectivity index is 2.30. The number of nitrogens with one attached hydrogen (secondary N) is 1. The van der Waals surface area contributed by atoms with Gasteiger partial charge in [-0.3, -0.25) is 0 Å². The molecule has 1 N–H and O–H groups in total. The van der Waals surface area contributed by atoms with Gasteiger partial charge in [0.05, 0.1) is 0 Å². The minimum atomic E-state index is -0.351. The first-order valence-electron chi connectivity index (χ1n) is 4.95. The topological polar surface area (TPSA) is 55.6 Å². The van der Waals surface area contributed by atoms with E-state index in [0.29, 0.717) is 5.02 Å². The molecule has 1 aliphatic rings. The van der Waals surface area contributed by atoms with Gasteiger partial charge in [0.25, 0.3) is 0 Å². The van der Waals surface area contributed by atoms with Gasteiger partial charge in [-0.1, -0.05) is 11.6 Å². The van der Waals surface area contributed by atoms with Crippen LogP contribution in [0.1, 0.15) is 13.8 Å². The van der Waals surface area contributed by atoms with Crippen LogP contribution in [0.2, 0.25) is 5.02 Å². The van der Waals surface area contributed by atoms with Crippen molar-refractivity contribution in [2.24, 2.45) is 0 Å². The highest BCUT2D eigenvalue weighted by Gasteiger charge is 2.32. The van der Waals surface area contributed by atoms with E-state index in [1.807, 2.05) is 32.0 Å². The maximum Gasteiger partial charge on any atom is 0.186 e. The normalized spacial score (nSPS) is 16.2. The van der Waals surface area contributed by atoms with E-state index in [1.165, 1.54) is 0 Å². The Morgan fingerprint density at radius 2 is 2.19 bits per heavy atom. The molecule has 0 bridgehead atoms. The van der Waals surface area contributed by atoms with Crippen molar-refractivity contribution in [3.63, 3.8) is 0 Å². The van der Waals surface area contributed by atoms with Crippen molar-refractivity contribution in [3.05, 3.63) is 23.2 Å². The number of tetrazole rings is 1. The van der Waals surface area contributed by atoms with Gasteiger partial charge in [-0.15, -0.1) is 5.10 Å². The molecular weight excluding hydrogens is 226 g/mol. The molecule has 0 radical (unpaired) electrons. The van der Waals surface area contributed by atoms with Crippen molar-refractivity contribution in [1.29, 1.82) is 0 Å². The smallest absolute Gasteiger partial charge is 0.186 e. The fraction of sp³-hybridized carbons (Fsp3) is 0.300. The van der Waals surface area contributed by atoms with Crippen LogP contribution in [0, 0.1) is 0 Å². The second-order valence-electron chi connectivity index (χ2n) is 4.29. The third kappa shape index (κ3) is 1.21. The minimum absolute atomic E-state index is 0.351. The van der Waals surface area contributed by atoms with Crippen molar-refractivity contribution >= 4 is 17.3 Å². The highest BCUT2D eigenvalue weighted by Crippen LogP contribution is 2.37. The Bertz CT molecular complexity index is 560. The summed E-state index contributed by atoms with van der Waals surface area (Å²) in [6.45, 7) is 4.02. The lowest BCUT2D eigenvalue weighted by Gasteiger charge is -2.33. The van der Waals surface area contributed by atoms with E-state index in [2.05, 4.69) is 20.8 Å². The molecule has 1 aromatic carbocycles. The van der Waals surface area contributed by atoms with E-state index in [9.17, 15) is 0 Å². The van der Waals surface area contributed by atoms with Crippen molar-refractivity contribution in [3.8, 4) is 11.4 Å². The summed E-state index contributed by atoms with van der Waals surface area (Å²) >= 11 is 5.97. The Morgan fingerprint density at radius 3 is 3.00 bits per heavy atom. The standard InChI is InChI=1S/C10H10ClN5/c1-10(2)12-8-5-6(11)3-4-7(8)9-13-14-15-16(9)10/h3-5,12H,1-2H3. The van der Waals surface area contributed by atoms with Crippen molar-refractivity contribution in [2.75, 3.05) is 5.32 Å². The van der Waals surface area contributed by atoms with Crippen LogP contribution in [0.25, 0.3) is 11.4 Å². The molecule has 0 unspecified atom stereocenters. The number of halogens is 1. The van der Waals surface area contributed by atoms with Crippen LogP contribution in [-0.2, 0) is 5.66 Å². The number of fused-ring (bicyclic) bond motifs is 3. The number of nitrogens with zero attached hydrogens (tertiary/aromatic N) is 4. The number of anilines is 1. The molecule has 0 aliphatic carbocycles. The molecule has 0 saturated carbocycles. The minimum Gasteiger partial charge on any atom is -0.361 e. The summed E-state index contributed by atoms with van der Waals surface area (Å²) in [4.78, 5) is 0. The second-order valence-corrected chi connectivity index (χ2v) is 4.72. The first kappa shape index (κ1) is 9.59. The van der Waals surface area contributed by atoms with Gasteiger partial charge in [0, 0.05) is 16.3 Å². The Kier molecular flexibility index (Phi) is 1.77. The number of rotatable bonds is 0. The van der Waals surface area contributed by atoms with Gasteiger partial charge in [0.1, 0.15) is 5.66 Å². The average molecular weight is 236 g/mol. The van der Waals surface area contributed by atoms with Crippen LogP contribution in [0.4, 0.5) is 5.69 Å². The zero-order valence-electron chi connectivity index (χ0n) is 8.90. The van der Waals surface area contributed by atoms with Crippen LogP contribution >= 0.6 is 11.6 Å². The first-order valence-corrected chi connectivity index (χ1v) is 5.33. The van der Waals surface area contributed by atoms with E-state index in [4.69, 9.17) is 11.6 Å². The van der Waals surface area contributed by atoms with E-state index in [-0.39, 0.29) is 5.66 Å². The van der Waals surface area contributed by atoms with Gasteiger partial charge >= 0.3 is 0 Å². The summed E-state index contributed by atoms with van der Waals surface area (Å²) < 4.78 is 1.77. The molecule has 0 fully saturated rings. The SMILES string of the molecule is CC1(C)Nc2cc(Cl)ccc2-c2nnnn21. The maximum absolute atomic E-state index is 5.97. The molecule has 82 valence electrons. The van der Waals surface area contributed by atoms with Gasteiger partial charge in [0.2, 0.25) is 0 Å². The fourth-order valence-corrected chi connectivity index (χ4v) is 2.10. The molecule has 5 nitrogen and oxygen atoms in total. The summed E-state index contributed by atoms with van der Waals surface area (Å²) in [5.74, 6) is 0.760. The fourth-order valence-electron chi connectivity index (χ4n) is 1.93. The molecule has 1 aromatic heterocycles. The van der Waals surface area contributed by atoms with Crippen molar-refractivity contribution in [2.45, 2.75) is 19.5 Å². The molecule has 16 heavy (non-hydrogen) atoms. The molecule has 0 amide bonds. The van der Waals surface area contributed by atoms with Crippen molar-refractivity contribution < 1.29 is 0 Å². The van der Waals surface area contributed by atoms with E-state index in [1.54, 1.807) is 4.68 Å². The Labute approximate surface area is 97.4 Å². The molecule has 2 aromatic rings. The summed E-state index contributed by atoms with van der Waals surface area (Å²) in [5, 5.41) is 15.8. The Hall–Kier alpha value is -1.62. The lowest BCUT2D eigenvalue weighted by atomic mass is 10.1. The van der Waals surface area contributed by atoms with E-state index in [0.717, 1.165) is 17.1 Å². The molecular formula is C10H10ClN5. The zero-order valence-corrected chi connectivity index (χ0v) is 9.65. The van der Waals surface area contributed by atoms with Crippen LogP contribution in [0.5, 0.6) is 0 Å². The molecule has 6 heteroatoms. The highest BCUT2D eigenvalue weighted by molar-refractivity contribution is 6.31. The first-order chi connectivity index (χ1) is 7.58. The van der Waals surface area contributed by atoms with Crippen LogP contribution in [-0.4, -0.2) is 20.2 Å². The summed E-state index contributed by atoms with van der Waals surface area (Å²) in [6.07, 6.45) is 0. The number of hydrogen-bond donors (Lipinski definition) is 1. The molecule has 0 spiro atoms. The predicted molar refractivity (Wildman–Crippen MR) is 61.2 cm³/mol. The lowest BCUT2D eigenvalue weighted by molar-refractivity contribution is 0.360. The Morgan fingerprint density at radius 1 is 1.38 bits per heavy atom. The number of aromatic nitrogens is 4. The summed E-state index contributed by atoms with van der Waals surface area (Å²) in [6, 6.07) is 5.64. The third-order valence-corrected chi connectivity index (χ3v) is 2.90. The van der Waals surface area contributed by atoms with Crippen LogP contribution < -0.4 is 5.32 Å².